The van der Waals surface area contributed by atoms with E-state index in [-0.39, 0.29) is 6.04 Å². The second kappa shape index (κ2) is 5.38. The first-order valence-electron chi connectivity index (χ1n) is 7.60. The topological polar surface area (TPSA) is 47.0 Å². The summed E-state index contributed by atoms with van der Waals surface area (Å²) in [4.78, 5) is 18.3. The molecule has 5 nitrogen and oxygen atoms in total. The molecule has 2 unspecified atom stereocenters. The number of carboxylic acids is 1. The Kier molecular flexibility index (Phi) is 3.78. The summed E-state index contributed by atoms with van der Waals surface area (Å²) in [6.07, 6.45) is 4.10. The average Bonchev–Trinajstić information content (AvgIpc) is 3.16. The molecule has 2 aliphatic heterocycles. The number of likely N-dealkylation sites (tertiary alicyclic amines) is 1. The van der Waals surface area contributed by atoms with Crippen LogP contribution in [0, 0.1) is 0 Å². The maximum atomic E-state index is 11.0. The molecule has 0 aromatic carbocycles. The predicted octanol–water partition coefficient (Wildman–Crippen LogP) is 0.314. The third-order valence-electron chi connectivity index (χ3n) is 5.03. The van der Waals surface area contributed by atoms with Crippen molar-refractivity contribution in [3.63, 3.8) is 0 Å². The van der Waals surface area contributed by atoms with E-state index >= 15 is 0 Å². The van der Waals surface area contributed by atoms with Gasteiger partial charge in [0.2, 0.25) is 0 Å². The highest BCUT2D eigenvalue weighted by Crippen LogP contribution is 2.31. The van der Waals surface area contributed by atoms with Crippen LogP contribution in [0.5, 0.6) is 0 Å². The van der Waals surface area contributed by atoms with E-state index in [4.69, 9.17) is 5.11 Å². The summed E-state index contributed by atoms with van der Waals surface area (Å²) < 4.78 is 0. The van der Waals surface area contributed by atoms with Gasteiger partial charge in [0.25, 0.3) is 0 Å². The maximum Gasteiger partial charge on any atom is 0.320 e. The van der Waals surface area contributed by atoms with Gasteiger partial charge in [-0.15, -0.1) is 0 Å². The second-order valence-electron chi connectivity index (χ2n) is 6.25. The molecular weight excluding hydrogens is 242 g/mol. The summed E-state index contributed by atoms with van der Waals surface area (Å²) in [6.45, 7) is 8.14. The van der Waals surface area contributed by atoms with E-state index in [1.165, 1.54) is 32.4 Å². The van der Waals surface area contributed by atoms with Gasteiger partial charge in [-0.25, -0.2) is 0 Å². The van der Waals surface area contributed by atoms with Gasteiger partial charge in [0.05, 0.1) is 0 Å². The molecule has 2 heterocycles. The first-order valence-corrected chi connectivity index (χ1v) is 7.60. The van der Waals surface area contributed by atoms with Crippen molar-refractivity contribution in [1.82, 2.24) is 14.7 Å². The summed E-state index contributed by atoms with van der Waals surface area (Å²) >= 11 is 0. The fraction of sp³-hybridized carbons (Fsp3) is 0.929. The van der Waals surface area contributed by atoms with Crippen molar-refractivity contribution in [3.8, 4) is 0 Å². The summed E-state index contributed by atoms with van der Waals surface area (Å²) in [7, 11) is 0. The van der Waals surface area contributed by atoms with Crippen LogP contribution in [-0.2, 0) is 4.79 Å². The van der Waals surface area contributed by atoms with Crippen LogP contribution in [0.2, 0.25) is 0 Å². The molecule has 108 valence electrons. The van der Waals surface area contributed by atoms with E-state index in [9.17, 15) is 4.79 Å². The number of rotatable bonds is 4. The van der Waals surface area contributed by atoms with Crippen LogP contribution < -0.4 is 0 Å². The Bertz CT molecular complexity index is 338. The lowest BCUT2D eigenvalue weighted by atomic mass is 10.1. The third-order valence-corrected chi connectivity index (χ3v) is 5.03. The van der Waals surface area contributed by atoms with Crippen LogP contribution in [0.4, 0.5) is 0 Å². The Hall–Kier alpha value is -0.650. The van der Waals surface area contributed by atoms with Gasteiger partial charge in [-0.3, -0.25) is 19.5 Å². The Balaban J connectivity index is 1.46. The zero-order chi connectivity index (χ0) is 13.4. The standard InChI is InChI=1S/C14H25N3O2/c1-11(14(18)19)15-6-8-16(9-7-15)13-4-5-17(10-13)12-2-3-12/h11-13H,2-10H2,1H3,(H,18,19). The van der Waals surface area contributed by atoms with Crippen molar-refractivity contribution in [2.45, 2.75) is 44.3 Å². The Morgan fingerprint density at radius 2 is 1.68 bits per heavy atom. The molecule has 0 aromatic rings. The monoisotopic (exact) mass is 267 g/mol. The number of carbonyl (C=O) groups is 1. The molecular formula is C14H25N3O2. The van der Waals surface area contributed by atoms with E-state index in [1.807, 2.05) is 0 Å². The minimum atomic E-state index is -0.700. The minimum absolute atomic E-state index is 0.339. The van der Waals surface area contributed by atoms with Crippen LogP contribution >= 0.6 is 0 Å². The number of hydrogen-bond donors (Lipinski definition) is 1. The summed E-state index contributed by atoms with van der Waals surface area (Å²) in [5, 5.41) is 9.05. The summed E-state index contributed by atoms with van der Waals surface area (Å²) in [5.74, 6) is -0.700. The van der Waals surface area contributed by atoms with Crippen molar-refractivity contribution in [2.24, 2.45) is 0 Å². The molecule has 0 spiro atoms. The van der Waals surface area contributed by atoms with Crippen molar-refractivity contribution in [1.29, 1.82) is 0 Å². The smallest absolute Gasteiger partial charge is 0.320 e. The molecule has 3 rings (SSSR count). The molecule has 19 heavy (non-hydrogen) atoms. The number of carboxylic acid groups (broad SMARTS) is 1. The summed E-state index contributed by atoms with van der Waals surface area (Å²) in [5.41, 5.74) is 0. The molecule has 3 fully saturated rings. The van der Waals surface area contributed by atoms with Crippen molar-refractivity contribution < 1.29 is 9.90 Å². The molecule has 2 saturated heterocycles. The third kappa shape index (κ3) is 2.93. The van der Waals surface area contributed by atoms with Gasteiger partial charge in [-0.05, 0) is 26.2 Å². The normalized spacial score (nSPS) is 32.6. The molecule has 3 aliphatic rings. The number of aliphatic carboxylic acids is 1. The molecule has 2 atom stereocenters. The van der Waals surface area contributed by atoms with Gasteiger partial charge in [0, 0.05) is 51.4 Å². The van der Waals surface area contributed by atoms with E-state index in [0.717, 1.165) is 32.2 Å². The highest BCUT2D eigenvalue weighted by molar-refractivity contribution is 5.72. The fourth-order valence-electron chi connectivity index (χ4n) is 3.48. The molecule has 0 amide bonds. The van der Waals surface area contributed by atoms with Crippen LogP contribution in [0.15, 0.2) is 0 Å². The lowest BCUT2D eigenvalue weighted by Crippen LogP contribution is -2.54. The molecule has 0 radical (unpaired) electrons. The molecule has 5 heteroatoms. The first-order chi connectivity index (χ1) is 9.15. The van der Waals surface area contributed by atoms with E-state index in [0.29, 0.717) is 6.04 Å². The Morgan fingerprint density at radius 3 is 2.26 bits per heavy atom. The van der Waals surface area contributed by atoms with Crippen LogP contribution in [0.1, 0.15) is 26.2 Å². The van der Waals surface area contributed by atoms with Crippen molar-refractivity contribution in [3.05, 3.63) is 0 Å². The molecule has 0 aromatic heterocycles. The second-order valence-corrected chi connectivity index (χ2v) is 6.25. The quantitative estimate of drug-likeness (QED) is 0.794. The van der Waals surface area contributed by atoms with Gasteiger partial charge >= 0.3 is 5.97 Å². The molecule has 1 saturated carbocycles. The van der Waals surface area contributed by atoms with Gasteiger partial charge in [0.1, 0.15) is 6.04 Å². The zero-order valence-corrected chi connectivity index (χ0v) is 11.8. The lowest BCUT2D eigenvalue weighted by molar-refractivity contribution is -0.143. The number of piperazine rings is 1. The highest BCUT2D eigenvalue weighted by atomic mass is 16.4. The van der Waals surface area contributed by atoms with Crippen molar-refractivity contribution in [2.75, 3.05) is 39.3 Å². The van der Waals surface area contributed by atoms with Crippen LogP contribution in [0.25, 0.3) is 0 Å². The minimum Gasteiger partial charge on any atom is -0.480 e. The van der Waals surface area contributed by atoms with Gasteiger partial charge in [0.15, 0.2) is 0 Å². The predicted molar refractivity (Wildman–Crippen MR) is 73.2 cm³/mol. The largest absolute Gasteiger partial charge is 0.480 e. The Morgan fingerprint density at radius 1 is 1.00 bits per heavy atom. The SMILES string of the molecule is CC(C(=O)O)N1CCN(C2CCN(C3CC3)C2)CC1. The highest BCUT2D eigenvalue weighted by Gasteiger charge is 2.37. The van der Waals surface area contributed by atoms with Crippen molar-refractivity contribution >= 4 is 5.97 Å². The van der Waals surface area contributed by atoms with Crippen LogP contribution in [0.3, 0.4) is 0 Å². The summed E-state index contributed by atoms with van der Waals surface area (Å²) in [6, 6.07) is 1.26. The molecule has 1 N–H and O–H groups in total. The van der Waals surface area contributed by atoms with E-state index in [1.54, 1.807) is 6.92 Å². The zero-order valence-electron chi connectivity index (χ0n) is 11.8. The number of hydrogen-bond acceptors (Lipinski definition) is 4. The molecule has 1 aliphatic carbocycles. The maximum absolute atomic E-state index is 11.0. The fourth-order valence-corrected chi connectivity index (χ4v) is 3.48. The van der Waals surface area contributed by atoms with Gasteiger partial charge < -0.3 is 5.11 Å². The van der Waals surface area contributed by atoms with Gasteiger partial charge in [-0.2, -0.15) is 0 Å². The van der Waals surface area contributed by atoms with E-state index < -0.39 is 5.97 Å². The van der Waals surface area contributed by atoms with Gasteiger partial charge in [-0.1, -0.05) is 0 Å². The average molecular weight is 267 g/mol. The van der Waals surface area contributed by atoms with E-state index in [2.05, 4.69) is 14.7 Å². The lowest BCUT2D eigenvalue weighted by Gasteiger charge is -2.39. The van der Waals surface area contributed by atoms with Crippen LogP contribution in [-0.4, -0.2) is 83.2 Å². The molecule has 0 bridgehead atoms. The first kappa shape index (κ1) is 13.3. The Labute approximate surface area is 115 Å². The number of nitrogens with zero attached hydrogens (tertiary/aromatic N) is 3.